The standard InChI is InChI=1S/C26H29ClN4O3/c1-3-29(4-2)10-11-30-15-23(33)31-22(26(30)34)14-20-19-13-17(27)8-9-21(19)28-24(20)25(31)16-6-5-7-18(32)12-16/h5-9,12-13,22,25,28,32H,3-4,10-11,14-15H2,1-2H3. The minimum Gasteiger partial charge on any atom is -0.508 e. The van der Waals surface area contributed by atoms with Crippen molar-refractivity contribution in [2.24, 2.45) is 0 Å². The molecular formula is C26H29ClN4O3. The summed E-state index contributed by atoms with van der Waals surface area (Å²) < 4.78 is 0. The molecule has 0 radical (unpaired) electrons. The topological polar surface area (TPSA) is 79.9 Å². The molecule has 1 saturated heterocycles. The van der Waals surface area contributed by atoms with Crippen molar-refractivity contribution in [1.29, 1.82) is 0 Å². The number of hydrogen-bond acceptors (Lipinski definition) is 4. The number of rotatable bonds is 6. The fraction of sp³-hybridized carbons (Fsp3) is 0.385. The fourth-order valence-corrected chi connectivity index (χ4v) is 5.55. The van der Waals surface area contributed by atoms with Crippen molar-refractivity contribution < 1.29 is 14.7 Å². The first-order chi connectivity index (χ1) is 16.4. The molecule has 34 heavy (non-hydrogen) atoms. The molecular weight excluding hydrogens is 452 g/mol. The molecule has 2 atom stereocenters. The molecule has 1 fully saturated rings. The lowest BCUT2D eigenvalue weighted by atomic mass is 9.86. The summed E-state index contributed by atoms with van der Waals surface area (Å²) >= 11 is 6.31. The number of carbonyl (C=O) groups excluding carboxylic acids is 2. The summed E-state index contributed by atoms with van der Waals surface area (Å²) in [5, 5.41) is 11.8. The van der Waals surface area contributed by atoms with Gasteiger partial charge in [0.05, 0.1) is 12.6 Å². The van der Waals surface area contributed by atoms with Crippen LogP contribution in [0.15, 0.2) is 42.5 Å². The van der Waals surface area contributed by atoms with E-state index in [-0.39, 0.29) is 24.1 Å². The maximum atomic E-state index is 13.7. The predicted octanol–water partition coefficient (Wildman–Crippen LogP) is 3.55. The summed E-state index contributed by atoms with van der Waals surface area (Å²) in [6.45, 7) is 7.33. The van der Waals surface area contributed by atoms with Crippen LogP contribution in [-0.2, 0) is 16.0 Å². The SMILES string of the molecule is CCN(CC)CCN1CC(=O)N2C(Cc3c([nH]c4ccc(Cl)cc34)C2c2cccc(O)c2)C1=O. The third-order valence-corrected chi connectivity index (χ3v) is 7.40. The van der Waals surface area contributed by atoms with Crippen molar-refractivity contribution in [2.75, 3.05) is 32.7 Å². The molecule has 3 heterocycles. The van der Waals surface area contributed by atoms with Gasteiger partial charge in [0.25, 0.3) is 0 Å². The molecule has 5 rings (SSSR count). The summed E-state index contributed by atoms with van der Waals surface area (Å²) in [6.07, 6.45) is 0.428. The van der Waals surface area contributed by atoms with E-state index in [2.05, 4.69) is 23.7 Å². The molecule has 1 aromatic heterocycles. The van der Waals surface area contributed by atoms with Gasteiger partial charge in [0.15, 0.2) is 0 Å². The van der Waals surface area contributed by atoms with Crippen molar-refractivity contribution >= 4 is 34.3 Å². The summed E-state index contributed by atoms with van der Waals surface area (Å²) in [5.41, 5.74) is 3.55. The van der Waals surface area contributed by atoms with Gasteiger partial charge >= 0.3 is 0 Å². The number of halogens is 1. The number of piperazine rings is 1. The first kappa shape index (κ1) is 22.7. The van der Waals surface area contributed by atoms with Gasteiger partial charge in [0.1, 0.15) is 11.8 Å². The van der Waals surface area contributed by atoms with E-state index in [0.29, 0.717) is 18.0 Å². The average molecular weight is 481 g/mol. The van der Waals surface area contributed by atoms with Crippen LogP contribution in [0.3, 0.4) is 0 Å². The normalized spacial score (nSPS) is 20.2. The number of amides is 2. The van der Waals surface area contributed by atoms with Gasteiger partial charge in [-0.05, 0) is 54.5 Å². The van der Waals surface area contributed by atoms with Crippen LogP contribution in [0.1, 0.15) is 36.7 Å². The third kappa shape index (κ3) is 3.83. The zero-order valence-corrected chi connectivity index (χ0v) is 20.2. The van der Waals surface area contributed by atoms with Gasteiger partial charge in [-0.15, -0.1) is 0 Å². The van der Waals surface area contributed by atoms with E-state index in [9.17, 15) is 14.7 Å². The molecule has 8 heteroatoms. The second kappa shape index (κ2) is 8.96. The van der Waals surface area contributed by atoms with Gasteiger partial charge in [-0.3, -0.25) is 9.59 Å². The number of aromatic nitrogens is 1. The summed E-state index contributed by atoms with van der Waals surface area (Å²) in [5.74, 6) is 0.00993. The molecule has 2 aromatic carbocycles. The summed E-state index contributed by atoms with van der Waals surface area (Å²) in [7, 11) is 0. The van der Waals surface area contributed by atoms with E-state index in [1.165, 1.54) is 0 Å². The molecule has 0 bridgehead atoms. The fourth-order valence-electron chi connectivity index (χ4n) is 5.38. The van der Waals surface area contributed by atoms with Crippen LogP contribution in [0, 0.1) is 0 Å². The molecule has 0 saturated carbocycles. The van der Waals surface area contributed by atoms with E-state index < -0.39 is 12.1 Å². The maximum absolute atomic E-state index is 13.7. The van der Waals surface area contributed by atoms with Crippen molar-refractivity contribution in [1.82, 2.24) is 19.7 Å². The van der Waals surface area contributed by atoms with Crippen molar-refractivity contribution in [3.8, 4) is 5.75 Å². The van der Waals surface area contributed by atoms with Gasteiger partial charge in [0, 0.05) is 41.1 Å². The predicted molar refractivity (Wildman–Crippen MR) is 132 cm³/mol. The lowest BCUT2D eigenvalue weighted by molar-refractivity contribution is -0.158. The van der Waals surface area contributed by atoms with E-state index in [0.717, 1.165) is 47.4 Å². The van der Waals surface area contributed by atoms with Crippen molar-refractivity contribution in [3.63, 3.8) is 0 Å². The highest BCUT2D eigenvalue weighted by atomic mass is 35.5. The molecule has 7 nitrogen and oxygen atoms in total. The van der Waals surface area contributed by atoms with Crippen LogP contribution in [0.25, 0.3) is 10.9 Å². The largest absolute Gasteiger partial charge is 0.508 e. The van der Waals surface area contributed by atoms with Crippen LogP contribution in [0.2, 0.25) is 5.02 Å². The van der Waals surface area contributed by atoms with Crippen LogP contribution < -0.4 is 0 Å². The lowest BCUT2D eigenvalue weighted by Crippen LogP contribution is -2.63. The highest BCUT2D eigenvalue weighted by molar-refractivity contribution is 6.31. The first-order valence-corrected chi connectivity index (χ1v) is 12.2. The number of benzene rings is 2. The Bertz CT molecular complexity index is 1250. The molecule has 3 aromatic rings. The molecule has 2 aliphatic heterocycles. The Balaban J connectivity index is 1.59. The van der Waals surface area contributed by atoms with E-state index >= 15 is 0 Å². The third-order valence-electron chi connectivity index (χ3n) is 7.16. The molecule has 2 N–H and O–H groups in total. The number of H-pyrrole nitrogens is 1. The minimum absolute atomic E-state index is 0.0288. The number of likely N-dealkylation sites (N-methyl/N-ethyl adjacent to an activating group) is 1. The highest BCUT2D eigenvalue weighted by Gasteiger charge is 2.48. The first-order valence-electron chi connectivity index (χ1n) is 11.8. The van der Waals surface area contributed by atoms with Crippen LogP contribution in [0.5, 0.6) is 5.75 Å². The Morgan fingerprint density at radius 2 is 1.94 bits per heavy atom. The number of phenols is 1. The number of aromatic hydroxyl groups is 1. The van der Waals surface area contributed by atoms with E-state index in [4.69, 9.17) is 11.6 Å². The number of carbonyl (C=O) groups is 2. The molecule has 0 spiro atoms. The Labute approximate surface area is 203 Å². The van der Waals surface area contributed by atoms with Crippen LogP contribution >= 0.6 is 11.6 Å². The second-order valence-corrected chi connectivity index (χ2v) is 9.45. The average Bonchev–Trinajstić information content (AvgIpc) is 3.18. The molecule has 0 aliphatic carbocycles. The van der Waals surface area contributed by atoms with Gasteiger partial charge < -0.3 is 24.8 Å². The molecule has 2 amide bonds. The molecule has 2 unspecified atom stereocenters. The Hall–Kier alpha value is -3.03. The monoisotopic (exact) mass is 480 g/mol. The highest BCUT2D eigenvalue weighted by Crippen LogP contribution is 2.43. The summed E-state index contributed by atoms with van der Waals surface area (Å²) in [4.78, 5) is 36.4. The number of hydrogen-bond donors (Lipinski definition) is 2. The zero-order valence-electron chi connectivity index (χ0n) is 19.4. The Morgan fingerprint density at radius 3 is 2.68 bits per heavy atom. The van der Waals surface area contributed by atoms with Gasteiger partial charge in [0.2, 0.25) is 11.8 Å². The number of phenolic OH excluding ortho intramolecular Hbond substituents is 1. The molecule has 178 valence electrons. The van der Waals surface area contributed by atoms with Crippen molar-refractivity contribution in [2.45, 2.75) is 32.4 Å². The van der Waals surface area contributed by atoms with Crippen molar-refractivity contribution in [3.05, 3.63) is 64.3 Å². The van der Waals surface area contributed by atoms with Crippen LogP contribution in [-0.4, -0.2) is 75.4 Å². The van der Waals surface area contributed by atoms with Gasteiger partial charge in [-0.1, -0.05) is 37.6 Å². The Morgan fingerprint density at radius 1 is 1.15 bits per heavy atom. The summed E-state index contributed by atoms with van der Waals surface area (Å²) in [6, 6.07) is 11.5. The quantitative estimate of drug-likeness (QED) is 0.565. The van der Waals surface area contributed by atoms with E-state index in [1.54, 1.807) is 28.0 Å². The Kier molecular flexibility index (Phi) is 6.00. The number of nitrogens with one attached hydrogen (secondary N) is 1. The number of nitrogens with zero attached hydrogens (tertiary/aromatic N) is 3. The smallest absolute Gasteiger partial charge is 0.246 e. The van der Waals surface area contributed by atoms with Gasteiger partial charge in [-0.2, -0.15) is 0 Å². The molecule has 2 aliphatic rings. The maximum Gasteiger partial charge on any atom is 0.246 e. The minimum atomic E-state index is -0.601. The number of fused-ring (bicyclic) bond motifs is 4. The number of aromatic amines is 1. The van der Waals surface area contributed by atoms with Crippen LogP contribution in [0.4, 0.5) is 0 Å². The van der Waals surface area contributed by atoms with E-state index in [1.807, 2.05) is 24.3 Å². The van der Waals surface area contributed by atoms with Gasteiger partial charge in [-0.25, -0.2) is 0 Å². The zero-order chi connectivity index (χ0) is 24.0. The second-order valence-electron chi connectivity index (χ2n) is 9.01. The lowest BCUT2D eigenvalue weighted by Gasteiger charge is -2.47.